The van der Waals surface area contributed by atoms with Gasteiger partial charge < -0.3 is 9.40 Å². The Hall–Kier alpha value is -3.55. The first-order valence-electron chi connectivity index (χ1n) is 7.42. The van der Waals surface area contributed by atoms with Crippen LogP contribution in [0.25, 0.3) is 22.4 Å². The average Bonchev–Trinajstić information content (AvgIpc) is 2.96. The number of benzene rings is 2. The van der Waals surface area contributed by atoms with Gasteiger partial charge in [0.15, 0.2) is 0 Å². The Labute approximate surface area is 139 Å². The molecule has 124 valence electrons. The average molecular weight is 338 g/mol. The van der Waals surface area contributed by atoms with Crippen LogP contribution < -0.4 is 11.3 Å². The van der Waals surface area contributed by atoms with E-state index in [0.29, 0.717) is 16.5 Å². The van der Waals surface area contributed by atoms with E-state index in [-0.39, 0.29) is 23.8 Å². The lowest BCUT2D eigenvalue weighted by molar-refractivity contribution is 0.491. The number of hydrogen-bond acceptors (Lipinski definition) is 5. The van der Waals surface area contributed by atoms with E-state index in [2.05, 4.69) is 15.1 Å². The number of fused-ring (bicyclic) bond motifs is 1. The second-order valence-electron chi connectivity index (χ2n) is 5.37. The highest BCUT2D eigenvalue weighted by Crippen LogP contribution is 2.15. The maximum absolute atomic E-state index is 13.0. The van der Waals surface area contributed by atoms with Crippen molar-refractivity contribution in [1.29, 1.82) is 0 Å². The predicted molar refractivity (Wildman–Crippen MR) is 87.6 cm³/mol. The van der Waals surface area contributed by atoms with Crippen LogP contribution in [0, 0.1) is 5.82 Å². The summed E-state index contributed by atoms with van der Waals surface area (Å²) in [6, 6.07) is 12.3. The second kappa shape index (κ2) is 5.82. The van der Waals surface area contributed by atoms with E-state index >= 15 is 0 Å². The molecular weight excluding hydrogens is 327 g/mol. The highest BCUT2D eigenvalue weighted by Gasteiger charge is 2.12. The molecule has 1 N–H and O–H groups in total. The van der Waals surface area contributed by atoms with Crippen LogP contribution in [-0.4, -0.2) is 19.7 Å². The van der Waals surface area contributed by atoms with Crippen molar-refractivity contribution in [3.63, 3.8) is 0 Å². The van der Waals surface area contributed by atoms with Crippen LogP contribution in [0.2, 0.25) is 0 Å². The molecule has 4 rings (SSSR count). The van der Waals surface area contributed by atoms with E-state index in [4.69, 9.17) is 4.42 Å². The molecule has 0 radical (unpaired) electrons. The lowest BCUT2D eigenvalue weighted by atomic mass is 10.2. The largest absolute Gasteiger partial charge is 0.437 e. The normalized spacial score (nSPS) is 11.1. The quantitative estimate of drug-likeness (QED) is 0.616. The van der Waals surface area contributed by atoms with Gasteiger partial charge in [-0.3, -0.25) is 4.79 Å². The third-order valence-corrected chi connectivity index (χ3v) is 3.66. The molecule has 0 spiro atoms. The SMILES string of the molecule is O=c1[nH]c(Cn2nc(-c3ccc(F)cc3)oc2=O)nc2ccccc12. The molecule has 0 amide bonds. The van der Waals surface area contributed by atoms with Gasteiger partial charge in [-0.05, 0) is 36.4 Å². The third kappa shape index (κ3) is 2.85. The van der Waals surface area contributed by atoms with Crippen molar-refractivity contribution >= 4 is 10.9 Å². The van der Waals surface area contributed by atoms with Gasteiger partial charge in [0.25, 0.3) is 5.56 Å². The number of nitrogens with zero attached hydrogens (tertiary/aromatic N) is 3. The van der Waals surface area contributed by atoms with E-state index < -0.39 is 11.6 Å². The Morgan fingerprint density at radius 2 is 1.84 bits per heavy atom. The van der Waals surface area contributed by atoms with Crippen molar-refractivity contribution in [1.82, 2.24) is 19.7 Å². The smallest absolute Gasteiger partial charge is 0.388 e. The molecule has 0 saturated carbocycles. The van der Waals surface area contributed by atoms with Gasteiger partial charge in [0.05, 0.1) is 10.9 Å². The summed E-state index contributed by atoms with van der Waals surface area (Å²) in [7, 11) is 0. The zero-order valence-electron chi connectivity index (χ0n) is 12.8. The molecule has 0 unspecified atom stereocenters. The molecule has 0 saturated heterocycles. The Morgan fingerprint density at radius 3 is 2.64 bits per heavy atom. The van der Waals surface area contributed by atoms with Gasteiger partial charge in [-0.2, -0.15) is 4.68 Å². The maximum atomic E-state index is 13.0. The number of para-hydroxylation sites is 1. The monoisotopic (exact) mass is 338 g/mol. The Bertz CT molecular complexity index is 1170. The topological polar surface area (TPSA) is 93.8 Å². The van der Waals surface area contributed by atoms with Crippen LogP contribution in [0.15, 0.2) is 62.5 Å². The molecule has 0 fully saturated rings. The van der Waals surface area contributed by atoms with E-state index in [1.165, 1.54) is 24.3 Å². The number of rotatable bonds is 3. The van der Waals surface area contributed by atoms with Crippen molar-refractivity contribution in [2.75, 3.05) is 0 Å². The van der Waals surface area contributed by atoms with Gasteiger partial charge in [-0.25, -0.2) is 14.2 Å². The maximum Gasteiger partial charge on any atom is 0.437 e. The second-order valence-corrected chi connectivity index (χ2v) is 5.37. The zero-order chi connectivity index (χ0) is 17.4. The zero-order valence-corrected chi connectivity index (χ0v) is 12.8. The lowest BCUT2D eigenvalue weighted by Crippen LogP contribution is -2.21. The van der Waals surface area contributed by atoms with E-state index in [1.54, 1.807) is 24.3 Å². The van der Waals surface area contributed by atoms with E-state index in [9.17, 15) is 14.0 Å². The molecule has 2 heterocycles. The third-order valence-electron chi connectivity index (χ3n) is 3.66. The fraction of sp³-hybridized carbons (Fsp3) is 0.0588. The number of hydrogen-bond donors (Lipinski definition) is 1. The van der Waals surface area contributed by atoms with Crippen molar-refractivity contribution in [3.8, 4) is 11.5 Å². The summed E-state index contributed by atoms with van der Waals surface area (Å²) < 4.78 is 19.1. The molecule has 0 atom stereocenters. The Kier molecular flexibility index (Phi) is 3.50. The predicted octanol–water partition coefficient (Wildman–Crippen LogP) is 1.93. The summed E-state index contributed by atoms with van der Waals surface area (Å²) in [5.41, 5.74) is 0.699. The first-order chi connectivity index (χ1) is 12.1. The van der Waals surface area contributed by atoms with Crippen molar-refractivity contribution in [2.45, 2.75) is 6.54 Å². The van der Waals surface area contributed by atoms with Crippen LogP contribution in [0.4, 0.5) is 4.39 Å². The lowest BCUT2D eigenvalue weighted by Gasteiger charge is -2.01. The van der Waals surface area contributed by atoms with Gasteiger partial charge in [-0.1, -0.05) is 12.1 Å². The minimum absolute atomic E-state index is 0.0520. The Morgan fingerprint density at radius 1 is 1.08 bits per heavy atom. The van der Waals surface area contributed by atoms with Gasteiger partial charge in [0.1, 0.15) is 18.2 Å². The summed E-state index contributed by atoms with van der Waals surface area (Å²) in [5, 5.41) is 4.53. The van der Waals surface area contributed by atoms with Gasteiger partial charge >= 0.3 is 5.76 Å². The van der Waals surface area contributed by atoms with Gasteiger partial charge in [-0.15, -0.1) is 5.10 Å². The van der Waals surface area contributed by atoms with Gasteiger partial charge in [0, 0.05) is 5.56 Å². The number of aromatic amines is 1. The molecule has 7 nitrogen and oxygen atoms in total. The molecule has 8 heteroatoms. The van der Waals surface area contributed by atoms with Crippen LogP contribution in [0.3, 0.4) is 0 Å². The van der Waals surface area contributed by atoms with Gasteiger partial charge in [0.2, 0.25) is 5.89 Å². The van der Waals surface area contributed by atoms with Crippen molar-refractivity contribution < 1.29 is 8.81 Å². The highest BCUT2D eigenvalue weighted by atomic mass is 19.1. The number of H-pyrrole nitrogens is 1. The molecule has 0 aliphatic heterocycles. The number of halogens is 1. The fourth-order valence-corrected chi connectivity index (χ4v) is 2.47. The Balaban J connectivity index is 1.71. The fourth-order valence-electron chi connectivity index (χ4n) is 2.47. The molecule has 0 aliphatic rings. The first kappa shape index (κ1) is 15.0. The van der Waals surface area contributed by atoms with Crippen LogP contribution in [-0.2, 0) is 6.54 Å². The highest BCUT2D eigenvalue weighted by molar-refractivity contribution is 5.77. The molecule has 0 aliphatic carbocycles. The molecular formula is C17H11FN4O3. The molecule has 2 aromatic heterocycles. The standard InChI is InChI=1S/C17H11FN4O3/c18-11-7-5-10(6-8-11)16-21-22(17(24)25-16)9-14-19-13-4-2-1-3-12(13)15(23)20-14/h1-8H,9H2,(H,19,20,23). The molecule has 25 heavy (non-hydrogen) atoms. The van der Waals surface area contributed by atoms with Crippen LogP contribution in [0.1, 0.15) is 5.82 Å². The number of aromatic nitrogens is 4. The number of nitrogens with one attached hydrogen (secondary N) is 1. The van der Waals surface area contributed by atoms with E-state index in [0.717, 1.165) is 4.68 Å². The van der Waals surface area contributed by atoms with Crippen LogP contribution >= 0.6 is 0 Å². The first-order valence-corrected chi connectivity index (χ1v) is 7.42. The van der Waals surface area contributed by atoms with Crippen molar-refractivity contribution in [3.05, 3.63) is 81.1 Å². The van der Waals surface area contributed by atoms with Crippen molar-refractivity contribution in [2.24, 2.45) is 0 Å². The summed E-state index contributed by atoms with van der Waals surface area (Å²) in [4.78, 5) is 31.0. The molecule has 4 aromatic rings. The van der Waals surface area contributed by atoms with E-state index in [1.807, 2.05) is 0 Å². The summed E-state index contributed by atoms with van der Waals surface area (Å²) in [6.45, 7) is -0.0520. The summed E-state index contributed by atoms with van der Waals surface area (Å²) in [6.07, 6.45) is 0. The van der Waals surface area contributed by atoms with Crippen LogP contribution in [0.5, 0.6) is 0 Å². The summed E-state index contributed by atoms with van der Waals surface area (Å²) >= 11 is 0. The minimum Gasteiger partial charge on any atom is -0.388 e. The summed E-state index contributed by atoms with van der Waals surface area (Å²) in [5.74, 6) is -0.753. The molecule has 2 aromatic carbocycles. The molecule has 0 bridgehead atoms. The minimum atomic E-state index is -0.699.